The lowest BCUT2D eigenvalue weighted by Crippen LogP contribution is -2.30. The predicted molar refractivity (Wildman–Crippen MR) is 107 cm³/mol. The Kier molecular flexibility index (Phi) is 5.82. The minimum Gasteiger partial charge on any atom is -0.326 e. The molecule has 1 fully saturated rings. The summed E-state index contributed by atoms with van der Waals surface area (Å²) in [6.45, 7) is 1.90. The number of benzene rings is 2. The van der Waals surface area contributed by atoms with Crippen molar-refractivity contribution in [2.75, 3.05) is 12.4 Å². The molecule has 1 aliphatic rings. The number of thioether (sulfide) groups is 1. The lowest BCUT2D eigenvalue weighted by molar-refractivity contribution is -0.127. The molecule has 2 aromatic rings. The van der Waals surface area contributed by atoms with Gasteiger partial charge in [-0.3, -0.25) is 14.5 Å². The number of carbonyl (C=O) groups is 2. The highest BCUT2D eigenvalue weighted by Crippen LogP contribution is 2.31. The van der Waals surface area contributed by atoms with Crippen molar-refractivity contribution in [3.63, 3.8) is 0 Å². The van der Waals surface area contributed by atoms with Crippen LogP contribution in [0.25, 0.3) is 0 Å². The van der Waals surface area contributed by atoms with E-state index in [1.54, 1.807) is 7.05 Å². The summed E-state index contributed by atoms with van der Waals surface area (Å²) in [4.78, 5) is 30.5. The molecule has 0 saturated carbocycles. The SMILES string of the molecule is Cc1ccccc1NC(=O)CC1SC(=Nc2ccc(F)c(Cl)c2)N(C)C1=O. The van der Waals surface area contributed by atoms with Gasteiger partial charge in [0.25, 0.3) is 0 Å². The summed E-state index contributed by atoms with van der Waals surface area (Å²) in [5, 5.41) is 2.67. The number of aliphatic imine (C=N–C) groups is 1. The number of rotatable bonds is 4. The first-order chi connectivity index (χ1) is 12.8. The Hall–Kier alpha value is -2.38. The highest BCUT2D eigenvalue weighted by Gasteiger charge is 2.37. The van der Waals surface area contributed by atoms with Crippen molar-refractivity contribution in [1.82, 2.24) is 4.90 Å². The fourth-order valence-corrected chi connectivity index (χ4v) is 3.87. The normalized spacial score (nSPS) is 18.2. The number of hydrogen-bond acceptors (Lipinski definition) is 4. The van der Waals surface area contributed by atoms with Crippen LogP contribution in [0.15, 0.2) is 47.5 Å². The zero-order valence-corrected chi connectivity index (χ0v) is 16.3. The van der Waals surface area contributed by atoms with Crippen molar-refractivity contribution in [1.29, 1.82) is 0 Å². The average molecular weight is 406 g/mol. The van der Waals surface area contributed by atoms with Crippen molar-refractivity contribution in [2.45, 2.75) is 18.6 Å². The molecule has 140 valence electrons. The van der Waals surface area contributed by atoms with Gasteiger partial charge in [-0.25, -0.2) is 9.38 Å². The van der Waals surface area contributed by atoms with Gasteiger partial charge in [-0.05, 0) is 36.8 Å². The second-order valence-corrected chi connectivity index (χ2v) is 7.64. The van der Waals surface area contributed by atoms with Crippen LogP contribution >= 0.6 is 23.4 Å². The molecule has 1 atom stereocenters. The van der Waals surface area contributed by atoms with Crippen LogP contribution in [0.3, 0.4) is 0 Å². The van der Waals surface area contributed by atoms with Crippen LogP contribution < -0.4 is 5.32 Å². The molecule has 0 bridgehead atoms. The van der Waals surface area contributed by atoms with E-state index >= 15 is 0 Å². The number of amides is 2. The molecule has 1 heterocycles. The number of anilines is 1. The molecular formula is C19H17ClFN3O2S. The van der Waals surface area contributed by atoms with E-state index in [4.69, 9.17) is 11.6 Å². The summed E-state index contributed by atoms with van der Waals surface area (Å²) in [5.41, 5.74) is 2.11. The van der Waals surface area contributed by atoms with E-state index in [1.165, 1.54) is 34.9 Å². The molecule has 0 aliphatic carbocycles. The molecule has 27 heavy (non-hydrogen) atoms. The molecule has 8 heteroatoms. The molecule has 5 nitrogen and oxygen atoms in total. The number of nitrogens with zero attached hydrogens (tertiary/aromatic N) is 2. The number of halogens is 2. The van der Waals surface area contributed by atoms with Crippen LogP contribution in [0.2, 0.25) is 5.02 Å². The van der Waals surface area contributed by atoms with E-state index in [-0.39, 0.29) is 23.3 Å². The maximum atomic E-state index is 13.3. The number of para-hydroxylation sites is 1. The van der Waals surface area contributed by atoms with Crippen molar-refractivity contribution in [3.8, 4) is 0 Å². The summed E-state index contributed by atoms with van der Waals surface area (Å²) >= 11 is 6.97. The molecule has 2 amide bonds. The summed E-state index contributed by atoms with van der Waals surface area (Å²) in [6, 6.07) is 11.5. The van der Waals surface area contributed by atoms with Gasteiger partial charge in [0.15, 0.2) is 5.17 Å². The third kappa shape index (κ3) is 4.48. The van der Waals surface area contributed by atoms with E-state index in [2.05, 4.69) is 10.3 Å². The first-order valence-electron chi connectivity index (χ1n) is 8.18. The number of hydrogen-bond donors (Lipinski definition) is 1. The molecule has 0 radical (unpaired) electrons. The van der Waals surface area contributed by atoms with Crippen molar-refractivity contribution >= 4 is 51.7 Å². The molecule has 1 aliphatic heterocycles. The fraction of sp³-hybridized carbons (Fsp3) is 0.211. The van der Waals surface area contributed by atoms with E-state index in [1.807, 2.05) is 31.2 Å². The molecule has 1 saturated heterocycles. The Morgan fingerprint density at radius 2 is 2.07 bits per heavy atom. The Balaban J connectivity index is 1.70. The maximum Gasteiger partial charge on any atom is 0.242 e. The predicted octanol–water partition coefficient (Wildman–Crippen LogP) is 4.38. The van der Waals surface area contributed by atoms with Crippen LogP contribution in [0.5, 0.6) is 0 Å². The minimum absolute atomic E-state index is 0.0331. The lowest BCUT2D eigenvalue weighted by atomic mass is 10.2. The van der Waals surface area contributed by atoms with Gasteiger partial charge < -0.3 is 5.32 Å². The van der Waals surface area contributed by atoms with E-state index in [9.17, 15) is 14.0 Å². The Morgan fingerprint density at radius 1 is 1.33 bits per heavy atom. The minimum atomic E-state index is -0.561. The monoisotopic (exact) mass is 405 g/mol. The van der Waals surface area contributed by atoms with Crippen molar-refractivity contribution < 1.29 is 14.0 Å². The van der Waals surface area contributed by atoms with Gasteiger partial charge in [0.05, 0.1) is 10.7 Å². The summed E-state index contributed by atoms with van der Waals surface area (Å²) in [7, 11) is 1.60. The molecule has 0 spiro atoms. The topological polar surface area (TPSA) is 61.8 Å². The third-order valence-corrected chi connectivity index (χ3v) is 5.58. The molecule has 1 N–H and O–H groups in total. The zero-order valence-electron chi connectivity index (χ0n) is 14.7. The lowest BCUT2D eigenvalue weighted by Gasteiger charge is -2.10. The van der Waals surface area contributed by atoms with Gasteiger partial charge in [-0.2, -0.15) is 0 Å². The van der Waals surface area contributed by atoms with E-state index < -0.39 is 11.1 Å². The molecule has 3 rings (SSSR count). The summed E-state index contributed by atoms with van der Waals surface area (Å²) in [5.74, 6) is -0.976. The first-order valence-corrected chi connectivity index (χ1v) is 9.44. The number of carbonyl (C=O) groups excluding carboxylic acids is 2. The van der Waals surface area contributed by atoms with Gasteiger partial charge >= 0.3 is 0 Å². The van der Waals surface area contributed by atoms with Gasteiger partial charge in [0.1, 0.15) is 11.1 Å². The fourth-order valence-electron chi connectivity index (χ4n) is 2.55. The molecular weight excluding hydrogens is 389 g/mol. The van der Waals surface area contributed by atoms with Crippen LogP contribution in [0, 0.1) is 12.7 Å². The van der Waals surface area contributed by atoms with Crippen LogP contribution in [-0.2, 0) is 9.59 Å². The first kappa shape index (κ1) is 19.4. The second kappa shape index (κ2) is 8.10. The zero-order chi connectivity index (χ0) is 19.6. The number of nitrogens with one attached hydrogen (secondary N) is 1. The highest BCUT2D eigenvalue weighted by atomic mass is 35.5. The Labute approximate surface area is 165 Å². The third-order valence-electron chi connectivity index (χ3n) is 4.06. The number of amidine groups is 1. The van der Waals surface area contributed by atoms with E-state index in [0.29, 0.717) is 10.9 Å². The molecule has 0 aromatic heterocycles. The van der Waals surface area contributed by atoms with Gasteiger partial charge in [0, 0.05) is 19.2 Å². The Bertz CT molecular complexity index is 935. The smallest absolute Gasteiger partial charge is 0.242 e. The van der Waals surface area contributed by atoms with E-state index in [0.717, 1.165) is 11.3 Å². The molecule has 2 aromatic carbocycles. The number of aryl methyl sites for hydroxylation is 1. The van der Waals surface area contributed by atoms with Gasteiger partial charge in [0.2, 0.25) is 11.8 Å². The van der Waals surface area contributed by atoms with Crippen LogP contribution in [0.4, 0.5) is 15.8 Å². The van der Waals surface area contributed by atoms with Gasteiger partial charge in [-0.15, -0.1) is 0 Å². The summed E-state index contributed by atoms with van der Waals surface area (Å²) in [6.07, 6.45) is 0.0331. The van der Waals surface area contributed by atoms with Crippen molar-refractivity contribution in [2.24, 2.45) is 4.99 Å². The average Bonchev–Trinajstić information content (AvgIpc) is 2.88. The molecule has 1 unspecified atom stereocenters. The maximum absolute atomic E-state index is 13.3. The highest BCUT2D eigenvalue weighted by molar-refractivity contribution is 8.15. The van der Waals surface area contributed by atoms with Gasteiger partial charge in [-0.1, -0.05) is 41.6 Å². The largest absolute Gasteiger partial charge is 0.326 e. The van der Waals surface area contributed by atoms with Crippen LogP contribution in [-0.4, -0.2) is 34.2 Å². The Morgan fingerprint density at radius 3 is 2.78 bits per heavy atom. The van der Waals surface area contributed by atoms with Crippen molar-refractivity contribution in [3.05, 3.63) is 58.9 Å². The summed E-state index contributed by atoms with van der Waals surface area (Å²) < 4.78 is 13.3. The standard InChI is InChI=1S/C19H17ClFN3O2S/c1-11-5-3-4-6-15(11)23-17(25)10-16-18(26)24(2)19(27-16)22-12-7-8-14(21)13(20)9-12/h3-9,16H,10H2,1-2H3,(H,23,25). The second-order valence-electron chi connectivity index (χ2n) is 6.06. The quantitative estimate of drug-likeness (QED) is 0.821. The van der Waals surface area contributed by atoms with Crippen LogP contribution in [0.1, 0.15) is 12.0 Å².